The fraction of sp³-hybridized carbons (Fsp3) is 0.417. The van der Waals surface area contributed by atoms with Gasteiger partial charge in [-0.2, -0.15) is 0 Å². The van der Waals surface area contributed by atoms with E-state index in [2.05, 4.69) is 5.32 Å². The Kier molecular flexibility index (Phi) is 6.57. The number of benzene rings is 2. The number of ether oxygens (including phenoxy) is 1. The van der Waals surface area contributed by atoms with Gasteiger partial charge in [0, 0.05) is 19.6 Å². The summed E-state index contributed by atoms with van der Waals surface area (Å²) in [5.41, 5.74) is 2.67. The number of carbonyl (C=O) groups is 2. The first kappa shape index (κ1) is 20.9. The van der Waals surface area contributed by atoms with E-state index in [1.165, 1.54) is 0 Å². The Morgan fingerprint density at radius 3 is 2.55 bits per heavy atom. The van der Waals surface area contributed by atoms with Crippen LogP contribution in [0.2, 0.25) is 0 Å². The molecule has 0 bridgehead atoms. The predicted molar refractivity (Wildman–Crippen MR) is 114 cm³/mol. The largest absolute Gasteiger partial charge is 0.497 e. The summed E-state index contributed by atoms with van der Waals surface area (Å²) in [5, 5.41) is 3.08. The lowest BCUT2D eigenvalue weighted by Crippen LogP contribution is -2.52. The van der Waals surface area contributed by atoms with Gasteiger partial charge in [-0.1, -0.05) is 36.4 Å². The minimum atomic E-state index is -0.559. The Bertz CT molecular complexity index is 863. The summed E-state index contributed by atoms with van der Waals surface area (Å²) in [7, 11) is 1.62. The maximum Gasteiger partial charge on any atom is 0.227 e. The SMILES string of the molecule is COc1ccc(CC(=O)N2CCC[C@](C)(C(=O)NCc3ccccc3C)C2)cc1. The maximum absolute atomic E-state index is 12.9. The highest BCUT2D eigenvalue weighted by atomic mass is 16.5. The number of methoxy groups -OCH3 is 1. The smallest absolute Gasteiger partial charge is 0.227 e. The second kappa shape index (κ2) is 9.12. The molecular weight excluding hydrogens is 364 g/mol. The van der Waals surface area contributed by atoms with Gasteiger partial charge in [-0.3, -0.25) is 9.59 Å². The third-order valence-electron chi connectivity index (χ3n) is 5.81. The first-order valence-corrected chi connectivity index (χ1v) is 10.1. The fourth-order valence-corrected chi connectivity index (χ4v) is 3.86. The van der Waals surface area contributed by atoms with Crippen LogP contribution in [0.5, 0.6) is 5.75 Å². The van der Waals surface area contributed by atoms with E-state index < -0.39 is 5.41 Å². The number of likely N-dealkylation sites (tertiary alicyclic amines) is 1. The van der Waals surface area contributed by atoms with E-state index in [0.717, 1.165) is 35.3 Å². The highest BCUT2D eigenvalue weighted by Gasteiger charge is 2.39. The summed E-state index contributed by atoms with van der Waals surface area (Å²) < 4.78 is 5.17. The summed E-state index contributed by atoms with van der Waals surface area (Å²) in [6.45, 7) is 5.69. The molecule has 0 radical (unpaired) electrons. The van der Waals surface area contributed by atoms with Crippen molar-refractivity contribution in [3.63, 3.8) is 0 Å². The Morgan fingerprint density at radius 1 is 1.14 bits per heavy atom. The number of nitrogens with one attached hydrogen (secondary N) is 1. The topological polar surface area (TPSA) is 58.6 Å². The minimum Gasteiger partial charge on any atom is -0.497 e. The molecule has 154 valence electrons. The lowest BCUT2D eigenvalue weighted by atomic mass is 9.80. The zero-order valence-electron chi connectivity index (χ0n) is 17.5. The van der Waals surface area contributed by atoms with E-state index in [-0.39, 0.29) is 11.8 Å². The molecule has 0 spiro atoms. The van der Waals surface area contributed by atoms with Crippen molar-refractivity contribution in [2.45, 2.75) is 39.7 Å². The van der Waals surface area contributed by atoms with E-state index in [4.69, 9.17) is 4.74 Å². The highest BCUT2D eigenvalue weighted by molar-refractivity contribution is 5.84. The maximum atomic E-state index is 12.9. The van der Waals surface area contributed by atoms with Gasteiger partial charge in [0.05, 0.1) is 18.9 Å². The molecule has 1 saturated heterocycles. The first-order valence-electron chi connectivity index (χ1n) is 10.1. The van der Waals surface area contributed by atoms with Crippen LogP contribution in [-0.2, 0) is 22.6 Å². The van der Waals surface area contributed by atoms with Crippen molar-refractivity contribution >= 4 is 11.8 Å². The average molecular weight is 395 g/mol. The molecule has 0 aromatic heterocycles. The van der Waals surface area contributed by atoms with Crippen molar-refractivity contribution < 1.29 is 14.3 Å². The molecule has 5 heteroatoms. The number of aryl methyl sites for hydroxylation is 1. The summed E-state index contributed by atoms with van der Waals surface area (Å²) in [5.74, 6) is 0.854. The van der Waals surface area contributed by atoms with Crippen LogP contribution in [0, 0.1) is 12.3 Å². The van der Waals surface area contributed by atoms with Crippen molar-refractivity contribution in [1.29, 1.82) is 0 Å². The molecule has 0 aliphatic carbocycles. The van der Waals surface area contributed by atoms with Crippen molar-refractivity contribution in [2.75, 3.05) is 20.2 Å². The molecule has 1 heterocycles. The van der Waals surface area contributed by atoms with Gasteiger partial charge in [0.25, 0.3) is 0 Å². The monoisotopic (exact) mass is 394 g/mol. The molecule has 1 fully saturated rings. The number of piperidine rings is 1. The second-order valence-electron chi connectivity index (χ2n) is 8.11. The molecule has 1 N–H and O–H groups in total. The standard InChI is InChI=1S/C24H30N2O3/c1-18-7-4-5-8-20(18)16-25-23(28)24(2)13-6-14-26(17-24)22(27)15-19-9-11-21(29-3)12-10-19/h4-5,7-12H,6,13-17H2,1-3H3,(H,25,28)/t24-/m0/s1. The van der Waals surface area contributed by atoms with Gasteiger partial charge in [0.15, 0.2) is 0 Å². The van der Waals surface area contributed by atoms with E-state index in [9.17, 15) is 9.59 Å². The van der Waals surface area contributed by atoms with Gasteiger partial charge in [-0.05, 0) is 55.5 Å². The summed E-state index contributed by atoms with van der Waals surface area (Å²) in [4.78, 5) is 27.6. The quantitative estimate of drug-likeness (QED) is 0.816. The summed E-state index contributed by atoms with van der Waals surface area (Å²) >= 11 is 0. The molecule has 29 heavy (non-hydrogen) atoms. The predicted octanol–water partition coefficient (Wildman–Crippen LogP) is 3.49. The zero-order valence-corrected chi connectivity index (χ0v) is 17.5. The van der Waals surface area contributed by atoms with Crippen LogP contribution in [0.3, 0.4) is 0 Å². The van der Waals surface area contributed by atoms with Gasteiger partial charge in [0.2, 0.25) is 11.8 Å². The van der Waals surface area contributed by atoms with Crippen molar-refractivity contribution in [1.82, 2.24) is 10.2 Å². The molecule has 1 aliphatic heterocycles. The lowest BCUT2D eigenvalue weighted by Gasteiger charge is -2.39. The van der Waals surface area contributed by atoms with Gasteiger partial charge < -0.3 is 15.0 Å². The molecule has 2 aromatic rings. The highest BCUT2D eigenvalue weighted by Crippen LogP contribution is 2.30. The number of nitrogens with zero attached hydrogens (tertiary/aromatic N) is 1. The molecule has 0 saturated carbocycles. The van der Waals surface area contributed by atoms with Gasteiger partial charge >= 0.3 is 0 Å². The molecule has 2 amide bonds. The normalized spacial score (nSPS) is 18.9. The third-order valence-corrected chi connectivity index (χ3v) is 5.81. The Balaban J connectivity index is 1.59. The number of rotatable bonds is 6. The zero-order chi connectivity index (χ0) is 20.9. The second-order valence-corrected chi connectivity index (χ2v) is 8.11. The fourth-order valence-electron chi connectivity index (χ4n) is 3.86. The molecule has 3 rings (SSSR count). The van der Waals surface area contributed by atoms with E-state index in [0.29, 0.717) is 26.1 Å². The van der Waals surface area contributed by atoms with Crippen LogP contribution in [0.15, 0.2) is 48.5 Å². The van der Waals surface area contributed by atoms with Crippen LogP contribution >= 0.6 is 0 Å². The van der Waals surface area contributed by atoms with Crippen LogP contribution < -0.4 is 10.1 Å². The number of carbonyl (C=O) groups excluding carboxylic acids is 2. The van der Waals surface area contributed by atoms with E-state index in [1.54, 1.807) is 7.11 Å². The lowest BCUT2D eigenvalue weighted by molar-refractivity contribution is -0.140. The Labute approximate surface area is 173 Å². The summed E-state index contributed by atoms with van der Waals surface area (Å²) in [6.07, 6.45) is 1.96. The molecule has 1 aliphatic rings. The third kappa shape index (κ3) is 5.17. The van der Waals surface area contributed by atoms with Gasteiger partial charge in [0.1, 0.15) is 5.75 Å². The average Bonchev–Trinajstić information content (AvgIpc) is 2.73. The Morgan fingerprint density at radius 2 is 1.86 bits per heavy atom. The molecule has 2 aromatic carbocycles. The number of hydrogen-bond acceptors (Lipinski definition) is 3. The minimum absolute atomic E-state index is 0.0164. The van der Waals surface area contributed by atoms with Gasteiger partial charge in [-0.15, -0.1) is 0 Å². The van der Waals surface area contributed by atoms with Crippen LogP contribution in [0.4, 0.5) is 0 Å². The molecule has 1 atom stereocenters. The first-order chi connectivity index (χ1) is 13.9. The summed E-state index contributed by atoms with van der Waals surface area (Å²) in [6, 6.07) is 15.6. The molecule has 5 nitrogen and oxygen atoms in total. The van der Waals surface area contributed by atoms with Gasteiger partial charge in [-0.25, -0.2) is 0 Å². The van der Waals surface area contributed by atoms with Crippen molar-refractivity contribution in [3.8, 4) is 5.75 Å². The number of hydrogen-bond donors (Lipinski definition) is 1. The van der Waals surface area contributed by atoms with E-state index in [1.807, 2.05) is 67.3 Å². The molecule has 0 unspecified atom stereocenters. The van der Waals surface area contributed by atoms with Crippen LogP contribution in [0.1, 0.15) is 36.5 Å². The van der Waals surface area contributed by atoms with Crippen molar-refractivity contribution in [2.24, 2.45) is 5.41 Å². The van der Waals surface area contributed by atoms with Crippen LogP contribution in [-0.4, -0.2) is 36.9 Å². The van der Waals surface area contributed by atoms with Crippen LogP contribution in [0.25, 0.3) is 0 Å². The molecular formula is C24H30N2O3. The van der Waals surface area contributed by atoms with E-state index >= 15 is 0 Å². The number of amides is 2. The van der Waals surface area contributed by atoms with Crippen molar-refractivity contribution in [3.05, 3.63) is 65.2 Å². The Hall–Kier alpha value is -2.82.